The maximum absolute atomic E-state index is 13.4. The minimum absolute atomic E-state index is 0.00922. The number of hydrogen-bond donors (Lipinski definition) is 1. The third kappa shape index (κ3) is 5.41. The van der Waals surface area contributed by atoms with Crippen LogP contribution in [0.25, 0.3) is 16.6 Å². The highest BCUT2D eigenvalue weighted by molar-refractivity contribution is 7.99. The summed E-state index contributed by atoms with van der Waals surface area (Å²) in [6, 6.07) is 13.7. The maximum Gasteiger partial charge on any atom is 0.266 e. The van der Waals surface area contributed by atoms with Gasteiger partial charge in [-0.2, -0.15) is 0 Å². The number of carbonyl (C=O) groups excluding carboxylic acids is 1. The van der Waals surface area contributed by atoms with Crippen molar-refractivity contribution in [3.8, 4) is 5.69 Å². The first-order chi connectivity index (χ1) is 15.5. The van der Waals surface area contributed by atoms with E-state index in [1.807, 2.05) is 44.2 Å². The standard InChI is InChI=1S/C26H31N3O2S/c1-18-14-19(2)16-21(15-18)29-25(31)22-12-8-9-13-23(22)28-26(29)32-17-24(30)27-20-10-6-4-3-5-7-11-20/h8-9,12-16,20H,3-7,10-11,17H2,1-2H3,(H,27,30). The van der Waals surface area contributed by atoms with Crippen molar-refractivity contribution in [1.82, 2.24) is 14.9 Å². The van der Waals surface area contributed by atoms with Gasteiger partial charge in [0.2, 0.25) is 5.91 Å². The Balaban J connectivity index is 1.61. The lowest BCUT2D eigenvalue weighted by atomic mass is 9.97. The molecule has 0 spiro atoms. The van der Waals surface area contributed by atoms with Crippen LogP contribution < -0.4 is 10.9 Å². The summed E-state index contributed by atoms with van der Waals surface area (Å²) in [5.74, 6) is 0.251. The fourth-order valence-corrected chi connectivity index (χ4v) is 5.34. The van der Waals surface area contributed by atoms with Crippen LogP contribution in [0.4, 0.5) is 0 Å². The van der Waals surface area contributed by atoms with Crippen LogP contribution >= 0.6 is 11.8 Å². The van der Waals surface area contributed by atoms with Gasteiger partial charge in [-0.1, -0.05) is 62.1 Å². The van der Waals surface area contributed by atoms with E-state index in [0.29, 0.717) is 16.1 Å². The highest BCUT2D eigenvalue weighted by Gasteiger charge is 2.17. The number of rotatable bonds is 5. The van der Waals surface area contributed by atoms with Gasteiger partial charge >= 0.3 is 0 Å². The molecule has 4 rings (SSSR count). The van der Waals surface area contributed by atoms with Crippen LogP contribution in [0.3, 0.4) is 0 Å². The van der Waals surface area contributed by atoms with Gasteiger partial charge in [0, 0.05) is 6.04 Å². The average Bonchev–Trinajstić information content (AvgIpc) is 2.73. The Hall–Kier alpha value is -2.60. The van der Waals surface area contributed by atoms with Gasteiger partial charge in [-0.15, -0.1) is 0 Å². The van der Waals surface area contributed by atoms with Crippen molar-refractivity contribution in [1.29, 1.82) is 0 Å². The van der Waals surface area contributed by atoms with Gasteiger partial charge in [0.1, 0.15) is 0 Å². The van der Waals surface area contributed by atoms with Crippen molar-refractivity contribution in [3.63, 3.8) is 0 Å². The van der Waals surface area contributed by atoms with Crippen molar-refractivity contribution < 1.29 is 4.79 Å². The average molecular weight is 450 g/mol. The molecule has 1 amide bonds. The van der Waals surface area contributed by atoms with Crippen LogP contribution in [0.15, 0.2) is 52.4 Å². The molecular weight excluding hydrogens is 418 g/mol. The number of fused-ring (bicyclic) bond motifs is 1. The van der Waals surface area contributed by atoms with Gasteiger partial charge in [0.15, 0.2) is 5.16 Å². The summed E-state index contributed by atoms with van der Waals surface area (Å²) in [5.41, 5.74) is 3.49. The molecule has 0 saturated heterocycles. The molecule has 0 radical (unpaired) electrons. The zero-order chi connectivity index (χ0) is 22.5. The molecule has 1 aliphatic rings. The summed E-state index contributed by atoms with van der Waals surface area (Å²) >= 11 is 1.33. The number of amides is 1. The van der Waals surface area contributed by atoms with E-state index in [1.165, 1.54) is 43.9 Å². The molecule has 0 atom stereocenters. The highest BCUT2D eigenvalue weighted by atomic mass is 32.2. The van der Waals surface area contributed by atoms with E-state index in [4.69, 9.17) is 4.98 Å². The molecule has 168 valence electrons. The first kappa shape index (κ1) is 22.6. The minimum atomic E-state index is -0.108. The Morgan fingerprint density at radius 3 is 2.41 bits per heavy atom. The van der Waals surface area contributed by atoms with Crippen LogP contribution in [-0.2, 0) is 4.79 Å². The van der Waals surface area contributed by atoms with E-state index in [-0.39, 0.29) is 23.3 Å². The van der Waals surface area contributed by atoms with E-state index < -0.39 is 0 Å². The smallest absolute Gasteiger partial charge is 0.266 e. The molecular formula is C26H31N3O2S. The summed E-state index contributed by atoms with van der Waals surface area (Å²) in [6.07, 6.45) is 8.28. The van der Waals surface area contributed by atoms with E-state index in [1.54, 1.807) is 10.6 Å². The predicted molar refractivity (Wildman–Crippen MR) is 132 cm³/mol. The van der Waals surface area contributed by atoms with Gasteiger partial charge in [-0.3, -0.25) is 14.2 Å². The summed E-state index contributed by atoms with van der Waals surface area (Å²) in [5, 5.41) is 4.34. The number of benzene rings is 2. The predicted octanol–water partition coefficient (Wildman–Crippen LogP) is 5.32. The van der Waals surface area contributed by atoms with E-state index in [2.05, 4.69) is 11.4 Å². The second kappa shape index (κ2) is 10.3. The number of carbonyl (C=O) groups is 1. The van der Waals surface area contributed by atoms with Crippen molar-refractivity contribution >= 4 is 28.6 Å². The summed E-state index contributed by atoms with van der Waals surface area (Å²) in [7, 11) is 0. The number of thioether (sulfide) groups is 1. The quantitative estimate of drug-likeness (QED) is 0.423. The Kier molecular flexibility index (Phi) is 7.30. The molecule has 5 nitrogen and oxygen atoms in total. The second-order valence-electron chi connectivity index (χ2n) is 8.80. The molecule has 2 aromatic carbocycles. The molecule has 1 N–H and O–H groups in total. The SMILES string of the molecule is Cc1cc(C)cc(-n2c(SCC(=O)NC3CCCCCCC3)nc3ccccc3c2=O)c1. The van der Waals surface area contributed by atoms with Crippen molar-refractivity contribution in [2.24, 2.45) is 0 Å². The number of hydrogen-bond acceptors (Lipinski definition) is 4. The topological polar surface area (TPSA) is 64.0 Å². The van der Waals surface area contributed by atoms with Crippen LogP contribution in [0.5, 0.6) is 0 Å². The molecule has 0 aliphatic heterocycles. The van der Waals surface area contributed by atoms with Crippen LogP contribution in [-0.4, -0.2) is 27.3 Å². The molecule has 1 aromatic heterocycles. The van der Waals surface area contributed by atoms with Gasteiger partial charge < -0.3 is 5.32 Å². The van der Waals surface area contributed by atoms with Gasteiger partial charge in [0.05, 0.1) is 22.3 Å². The lowest BCUT2D eigenvalue weighted by Gasteiger charge is -2.21. The maximum atomic E-state index is 13.4. The Bertz CT molecular complexity index is 1140. The first-order valence-corrected chi connectivity index (χ1v) is 12.5. The third-order valence-electron chi connectivity index (χ3n) is 6.01. The fourth-order valence-electron chi connectivity index (χ4n) is 4.52. The molecule has 1 heterocycles. The molecule has 0 unspecified atom stereocenters. The zero-order valence-corrected chi connectivity index (χ0v) is 19.7. The second-order valence-corrected chi connectivity index (χ2v) is 9.74. The lowest BCUT2D eigenvalue weighted by Crippen LogP contribution is -2.36. The summed E-state index contributed by atoms with van der Waals surface area (Å²) < 4.78 is 1.65. The van der Waals surface area contributed by atoms with Gasteiger partial charge in [-0.25, -0.2) is 4.98 Å². The first-order valence-electron chi connectivity index (χ1n) is 11.5. The molecule has 1 fully saturated rings. The van der Waals surface area contributed by atoms with Gasteiger partial charge in [-0.05, 0) is 62.1 Å². The molecule has 0 bridgehead atoms. The normalized spacial score (nSPS) is 15.3. The number of para-hydroxylation sites is 1. The molecule has 32 heavy (non-hydrogen) atoms. The number of aromatic nitrogens is 2. The Morgan fingerprint density at radius 1 is 1.03 bits per heavy atom. The third-order valence-corrected chi connectivity index (χ3v) is 6.95. The number of nitrogens with zero attached hydrogens (tertiary/aromatic N) is 2. The minimum Gasteiger partial charge on any atom is -0.353 e. The summed E-state index contributed by atoms with van der Waals surface area (Å²) in [6.45, 7) is 4.04. The molecule has 1 aliphatic carbocycles. The Labute approximate surface area is 193 Å². The molecule has 6 heteroatoms. The van der Waals surface area contributed by atoms with Crippen molar-refractivity contribution in [3.05, 3.63) is 63.9 Å². The monoisotopic (exact) mass is 449 g/mol. The van der Waals surface area contributed by atoms with E-state index >= 15 is 0 Å². The molecule has 1 saturated carbocycles. The highest BCUT2D eigenvalue weighted by Crippen LogP contribution is 2.23. The number of nitrogens with one attached hydrogen (secondary N) is 1. The van der Waals surface area contributed by atoms with Crippen LogP contribution in [0, 0.1) is 13.8 Å². The van der Waals surface area contributed by atoms with Crippen LogP contribution in [0.1, 0.15) is 56.1 Å². The largest absolute Gasteiger partial charge is 0.353 e. The van der Waals surface area contributed by atoms with Crippen molar-refractivity contribution in [2.75, 3.05) is 5.75 Å². The van der Waals surface area contributed by atoms with E-state index in [9.17, 15) is 9.59 Å². The fraction of sp³-hybridized carbons (Fsp3) is 0.423. The number of aryl methyl sites for hydroxylation is 2. The molecule has 3 aromatic rings. The van der Waals surface area contributed by atoms with Gasteiger partial charge in [0.25, 0.3) is 5.56 Å². The van der Waals surface area contributed by atoms with Crippen LogP contribution in [0.2, 0.25) is 0 Å². The lowest BCUT2D eigenvalue weighted by molar-refractivity contribution is -0.119. The zero-order valence-electron chi connectivity index (χ0n) is 18.9. The van der Waals surface area contributed by atoms with Crippen molar-refractivity contribution in [2.45, 2.75) is 70.0 Å². The summed E-state index contributed by atoms with van der Waals surface area (Å²) in [4.78, 5) is 30.9. The Morgan fingerprint density at radius 2 is 1.69 bits per heavy atom. The van der Waals surface area contributed by atoms with E-state index in [0.717, 1.165) is 29.7 Å².